The van der Waals surface area contributed by atoms with Crippen LogP contribution in [-0.4, -0.2) is 47.8 Å². The van der Waals surface area contributed by atoms with E-state index in [9.17, 15) is 0 Å². The van der Waals surface area contributed by atoms with Gasteiger partial charge in [-0.3, -0.25) is 4.90 Å². The van der Waals surface area contributed by atoms with Gasteiger partial charge in [-0.15, -0.1) is 0 Å². The van der Waals surface area contributed by atoms with Crippen LogP contribution in [0.25, 0.3) is 0 Å². The summed E-state index contributed by atoms with van der Waals surface area (Å²) in [5, 5.41) is 3.66. The van der Waals surface area contributed by atoms with E-state index in [0.29, 0.717) is 17.7 Å². The lowest BCUT2D eigenvalue weighted by molar-refractivity contribution is -0.0568. The lowest BCUT2D eigenvalue weighted by atomic mass is 9.87. The van der Waals surface area contributed by atoms with Gasteiger partial charge in [0.1, 0.15) is 0 Å². The van der Waals surface area contributed by atoms with Crippen LogP contribution in [0.3, 0.4) is 0 Å². The van der Waals surface area contributed by atoms with Gasteiger partial charge in [0.15, 0.2) is 0 Å². The molecule has 0 amide bonds. The lowest BCUT2D eigenvalue weighted by Gasteiger charge is -2.50. The highest BCUT2D eigenvalue weighted by atomic mass is 16.5. The predicted molar refractivity (Wildman–Crippen MR) is 80.5 cm³/mol. The molecule has 2 unspecified atom stereocenters. The van der Waals surface area contributed by atoms with Crippen LogP contribution >= 0.6 is 0 Å². The first-order valence-corrected chi connectivity index (χ1v) is 8.07. The fourth-order valence-corrected chi connectivity index (χ4v) is 3.73. The van der Waals surface area contributed by atoms with Crippen molar-refractivity contribution >= 4 is 0 Å². The van der Waals surface area contributed by atoms with Crippen LogP contribution in [0.15, 0.2) is 0 Å². The van der Waals surface area contributed by atoms with Crippen LogP contribution in [0, 0.1) is 0 Å². The van der Waals surface area contributed by atoms with Crippen LogP contribution in [-0.2, 0) is 4.74 Å². The Morgan fingerprint density at radius 2 is 1.95 bits per heavy atom. The molecule has 2 heterocycles. The molecule has 0 aromatic carbocycles. The van der Waals surface area contributed by atoms with Crippen LogP contribution in [0.1, 0.15) is 60.3 Å². The zero-order chi connectivity index (χ0) is 14.1. The summed E-state index contributed by atoms with van der Waals surface area (Å²) < 4.78 is 6.21. The van der Waals surface area contributed by atoms with E-state index in [2.05, 4.69) is 44.8 Å². The smallest absolute Gasteiger partial charge is 0.0710 e. The number of hydrogen-bond donors (Lipinski definition) is 1. The molecule has 2 rings (SSSR count). The van der Waals surface area contributed by atoms with Crippen molar-refractivity contribution in [2.45, 2.75) is 83.6 Å². The molecule has 112 valence electrons. The Labute approximate surface area is 119 Å². The molecule has 0 aliphatic carbocycles. The standard InChI is InChI=1S/C16H32N2O/c1-6-16(7-2)12-17-13(3)10-18(16)11-14-8-9-15(4,5)19-14/h13-14,17H,6-12H2,1-5H3. The Morgan fingerprint density at radius 3 is 2.47 bits per heavy atom. The molecule has 3 nitrogen and oxygen atoms in total. The molecular formula is C16H32N2O. The first kappa shape index (κ1) is 15.3. The summed E-state index contributed by atoms with van der Waals surface area (Å²) in [5.74, 6) is 0. The van der Waals surface area contributed by atoms with Crippen molar-refractivity contribution in [1.82, 2.24) is 10.2 Å². The minimum atomic E-state index is 0.0887. The SMILES string of the molecule is CCC1(CC)CNC(C)CN1CC1CCC(C)(C)O1. The van der Waals surface area contributed by atoms with Crippen molar-refractivity contribution in [2.75, 3.05) is 19.6 Å². The molecule has 0 aromatic rings. The van der Waals surface area contributed by atoms with Gasteiger partial charge in [0, 0.05) is 31.2 Å². The lowest BCUT2D eigenvalue weighted by Crippen LogP contribution is -2.64. The van der Waals surface area contributed by atoms with E-state index < -0.39 is 0 Å². The molecule has 0 aromatic heterocycles. The minimum Gasteiger partial charge on any atom is -0.371 e. The van der Waals surface area contributed by atoms with Crippen molar-refractivity contribution in [2.24, 2.45) is 0 Å². The Kier molecular flexibility index (Phi) is 4.59. The second-order valence-corrected chi connectivity index (χ2v) is 7.16. The molecule has 3 heteroatoms. The number of nitrogens with one attached hydrogen (secondary N) is 1. The Bertz CT molecular complexity index is 299. The topological polar surface area (TPSA) is 24.5 Å². The predicted octanol–water partition coefficient (Wildman–Crippen LogP) is 2.80. The molecule has 0 bridgehead atoms. The maximum atomic E-state index is 6.21. The summed E-state index contributed by atoms with van der Waals surface area (Å²) in [5.41, 5.74) is 0.425. The summed E-state index contributed by atoms with van der Waals surface area (Å²) in [6.45, 7) is 14.8. The monoisotopic (exact) mass is 268 g/mol. The molecule has 0 radical (unpaired) electrons. The molecule has 19 heavy (non-hydrogen) atoms. The van der Waals surface area contributed by atoms with Crippen LogP contribution in [0.4, 0.5) is 0 Å². The Balaban J connectivity index is 2.02. The van der Waals surface area contributed by atoms with Crippen molar-refractivity contribution in [3.05, 3.63) is 0 Å². The molecule has 2 aliphatic heterocycles. The highest BCUT2D eigenvalue weighted by molar-refractivity contribution is 4.98. The number of piperazine rings is 1. The van der Waals surface area contributed by atoms with Gasteiger partial charge in [-0.05, 0) is 46.5 Å². The molecule has 0 saturated carbocycles. The van der Waals surface area contributed by atoms with Gasteiger partial charge in [0.25, 0.3) is 0 Å². The maximum Gasteiger partial charge on any atom is 0.0710 e. The molecule has 1 N–H and O–H groups in total. The average molecular weight is 268 g/mol. The molecule has 2 fully saturated rings. The Hall–Kier alpha value is -0.120. The van der Waals surface area contributed by atoms with Crippen LogP contribution < -0.4 is 5.32 Å². The highest BCUT2D eigenvalue weighted by Gasteiger charge is 2.41. The van der Waals surface area contributed by atoms with Crippen molar-refractivity contribution in [3.8, 4) is 0 Å². The normalized spacial score (nSPS) is 34.6. The van der Waals surface area contributed by atoms with E-state index >= 15 is 0 Å². The van der Waals surface area contributed by atoms with Crippen molar-refractivity contribution in [1.29, 1.82) is 0 Å². The van der Waals surface area contributed by atoms with E-state index in [1.807, 2.05) is 0 Å². The minimum absolute atomic E-state index is 0.0887. The fraction of sp³-hybridized carbons (Fsp3) is 1.00. The quantitative estimate of drug-likeness (QED) is 0.848. The number of hydrogen-bond acceptors (Lipinski definition) is 3. The number of nitrogens with zero attached hydrogens (tertiary/aromatic N) is 1. The summed E-state index contributed by atoms with van der Waals surface area (Å²) in [6, 6.07) is 0.598. The van der Waals surface area contributed by atoms with Crippen molar-refractivity contribution < 1.29 is 4.74 Å². The summed E-state index contributed by atoms with van der Waals surface area (Å²) in [6.07, 6.45) is 5.29. The van der Waals surface area contributed by atoms with E-state index in [-0.39, 0.29) is 5.60 Å². The van der Waals surface area contributed by atoms with Crippen LogP contribution in [0.5, 0.6) is 0 Å². The van der Waals surface area contributed by atoms with Gasteiger partial charge in [-0.25, -0.2) is 0 Å². The van der Waals surface area contributed by atoms with Crippen LogP contribution in [0.2, 0.25) is 0 Å². The van der Waals surface area contributed by atoms with Gasteiger partial charge in [-0.2, -0.15) is 0 Å². The third-order valence-corrected chi connectivity index (χ3v) is 5.24. The zero-order valence-corrected chi connectivity index (χ0v) is 13.5. The third-order valence-electron chi connectivity index (χ3n) is 5.24. The summed E-state index contributed by atoms with van der Waals surface area (Å²) >= 11 is 0. The maximum absolute atomic E-state index is 6.21. The molecule has 2 aliphatic rings. The van der Waals surface area contributed by atoms with Gasteiger partial charge in [-0.1, -0.05) is 13.8 Å². The first-order chi connectivity index (χ1) is 8.91. The third kappa shape index (κ3) is 3.32. The van der Waals surface area contributed by atoms with E-state index in [0.717, 1.165) is 19.6 Å². The zero-order valence-electron chi connectivity index (χ0n) is 13.5. The molecule has 0 spiro atoms. The largest absolute Gasteiger partial charge is 0.371 e. The average Bonchev–Trinajstić information content (AvgIpc) is 2.70. The van der Waals surface area contributed by atoms with Gasteiger partial charge < -0.3 is 10.1 Å². The second-order valence-electron chi connectivity index (χ2n) is 7.16. The van der Waals surface area contributed by atoms with Gasteiger partial charge in [0.05, 0.1) is 11.7 Å². The number of rotatable bonds is 4. The molecular weight excluding hydrogens is 236 g/mol. The second kappa shape index (κ2) is 5.71. The first-order valence-electron chi connectivity index (χ1n) is 8.07. The molecule has 2 saturated heterocycles. The Morgan fingerprint density at radius 1 is 1.26 bits per heavy atom. The summed E-state index contributed by atoms with van der Waals surface area (Å²) in [4.78, 5) is 2.71. The highest BCUT2D eigenvalue weighted by Crippen LogP contribution is 2.33. The van der Waals surface area contributed by atoms with E-state index in [1.165, 1.54) is 25.7 Å². The van der Waals surface area contributed by atoms with Gasteiger partial charge in [0.2, 0.25) is 0 Å². The van der Waals surface area contributed by atoms with Gasteiger partial charge >= 0.3 is 0 Å². The fourth-order valence-electron chi connectivity index (χ4n) is 3.73. The van der Waals surface area contributed by atoms with E-state index in [4.69, 9.17) is 4.74 Å². The summed E-state index contributed by atoms with van der Waals surface area (Å²) in [7, 11) is 0. The van der Waals surface area contributed by atoms with Crippen molar-refractivity contribution in [3.63, 3.8) is 0 Å². The number of ether oxygens (including phenoxy) is 1. The molecule has 2 atom stereocenters. The van der Waals surface area contributed by atoms with E-state index in [1.54, 1.807) is 0 Å².